The van der Waals surface area contributed by atoms with Crippen LogP contribution in [0.1, 0.15) is 20.3 Å². The second kappa shape index (κ2) is 7.98. The van der Waals surface area contributed by atoms with Crippen molar-refractivity contribution in [1.82, 2.24) is 15.1 Å². The van der Waals surface area contributed by atoms with Crippen LogP contribution in [0.5, 0.6) is 0 Å². The zero-order valence-corrected chi connectivity index (χ0v) is 13.0. The van der Waals surface area contributed by atoms with Crippen LogP contribution in [-0.4, -0.2) is 68.2 Å². The topological polar surface area (TPSA) is 35.6 Å². The van der Waals surface area contributed by atoms with Gasteiger partial charge in [-0.2, -0.15) is 13.2 Å². The summed E-state index contributed by atoms with van der Waals surface area (Å²) in [5.41, 5.74) is 0. The maximum Gasteiger partial charge on any atom is 0.401 e. The Morgan fingerprint density at radius 3 is 2.67 bits per heavy atom. The van der Waals surface area contributed by atoms with E-state index >= 15 is 0 Å². The summed E-state index contributed by atoms with van der Waals surface area (Å²) in [5, 5.41) is 2.97. The van der Waals surface area contributed by atoms with Gasteiger partial charge in [0.15, 0.2) is 0 Å². The highest BCUT2D eigenvalue weighted by molar-refractivity contribution is 5.79. The monoisotopic (exact) mass is 309 g/mol. The molecule has 0 aromatic heterocycles. The van der Waals surface area contributed by atoms with Crippen molar-refractivity contribution in [2.24, 2.45) is 11.8 Å². The first-order valence-electron chi connectivity index (χ1n) is 7.49. The summed E-state index contributed by atoms with van der Waals surface area (Å²) in [4.78, 5) is 15.4. The minimum atomic E-state index is -4.16. The van der Waals surface area contributed by atoms with Gasteiger partial charge in [-0.3, -0.25) is 9.69 Å². The predicted octanol–water partition coefficient (Wildman–Crippen LogP) is 1.57. The molecule has 0 spiro atoms. The average molecular weight is 309 g/mol. The van der Waals surface area contributed by atoms with Crippen molar-refractivity contribution in [3.63, 3.8) is 0 Å². The molecule has 2 atom stereocenters. The first-order chi connectivity index (χ1) is 9.76. The number of carbonyl (C=O) groups excluding carboxylic acids is 1. The molecule has 1 aliphatic heterocycles. The van der Waals surface area contributed by atoms with E-state index in [1.807, 2.05) is 6.92 Å². The molecule has 4 nitrogen and oxygen atoms in total. The Morgan fingerprint density at radius 1 is 1.48 bits per heavy atom. The van der Waals surface area contributed by atoms with Crippen molar-refractivity contribution < 1.29 is 18.0 Å². The number of likely N-dealkylation sites (tertiary alicyclic amines) is 1. The van der Waals surface area contributed by atoms with Crippen molar-refractivity contribution >= 4 is 5.91 Å². The highest BCUT2D eigenvalue weighted by Gasteiger charge is 2.33. The van der Waals surface area contributed by atoms with E-state index in [9.17, 15) is 18.0 Å². The number of nitrogens with zero attached hydrogens (tertiary/aromatic N) is 2. The third kappa shape index (κ3) is 6.22. The van der Waals surface area contributed by atoms with Crippen LogP contribution in [0.4, 0.5) is 13.2 Å². The molecule has 1 heterocycles. The number of hydrogen-bond donors (Lipinski definition) is 1. The van der Waals surface area contributed by atoms with Crippen LogP contribution in [0.15, 0.2) is 0 Å². The van der Waals surface area contributed by atoms with Crippen LogP contribution >= 0.6 is 0 Å². The van der Waals surface area contributed by atoms with Crippen molar-refractivity contribution in [1.29, 1.82) is 0 Å². The lowest BCUT2D eigenvalue weighted by Gasteiger charge is -2.25. The molecule has 0 aromatic carbocycles. The van der Waals surface area contributed by atoms with Crippen molar-refractivity contribution in [3.05, 3.63) is 0 Å². The van der Waals surface area contributed by atoms with E-state index in [1.165, 1.54) is 4.90 Å². The van der Waals surface area contributed by atoms with Gasteiger partial charge in [-0.05, 0) is 25.9 Å². The summed E-state index contributed by atoms with van der Waals surface area (Å²) in [7, 11) is 1.80. The van der Waals surface area contributed by atoms with Crippen molar-refractivity contribution in [2.45, 2.75) is 26.4 Å². The summed E-state index contributed by atoms with van der Waals surface area (Å²) >= 11 is 0. The molecule has 1 saturated heterocycles. The highest BCUT2D eigenvalue weighted by Crippen LogP contribution is 2.22. The van der Waals surface area contributed by atoms with Gasteiger partial charge in [-0.15, -0.1) is 0 Å². The number of amides is 1. The lowest BCUT2D eigenvalue weighted by atomic mass is 10.1. The molecule has 1 N–H and O–H groups in total. The fraction of sp³-hybridized carbons (Fsp3) is 0.929. The van der Waals surface area contributed by atoms with Gasteiger partial charge in [-0.25, -0.2) is 0 Å². The van der Waals surface area contributed by atoms with E-state index < -0.39 is 12.7 Å². The first kappa shape index (κ1) is 18.2. The molecule has 1 aliphatic rings. The third-order valence-electron chi connectivity index (χ3n) is 3.90. The molecule has 0 bridgehead atoms. The van der Waals surface area contributed by atoms with Gasteiger partial charge >= 0.3 is 6.18 Å². The summed E-state index contributed by atoms with van der Waals surface area (Å²) in [6.07, 6.45) is -3.38. The molecule has 21 heavy (non-hydrogen) atoms. The fourth-order valence-electron chi connectivity index (χ4n) is 2.81. The molecule has 1 rings (SSSR count). The standard InChI is InChI=1S/C14H26F3N3O/c1-4-19(10-14(15,16)17)8-12-5-6-20(9-12)13(21)11(2)7-18-3/h11-12,18H,4-10H2,1-3H3. The summed E-state index contributed by atoms with van der Waals surface area (Å²) in [6, 6.07) is 0. The van der Waals surface area contributed by atoms with Crippen molar-refractivity contribution in [3.8, 4) is 0 Å². The second-order valence-corrected chi connectivity index (χ2v) is 5.84. The van der Waals surface area contributed by atoms with Crippen molar-refractivity contribution in [2.75, 3.05) is 46.3 Å². The molecule has 0 saturated carbocycles. The molecule has 2 unspecified atom stereocenters. The number of alkyl halides is 3. The number of carbonyl (C=O) groups is 1. The molecule has 7 heteroatoms. The van der Waals surface area contributed by atoms with E-state index in [1.54, 1.807) is 18.9 Å². The van der Waals surface area contributed by atoms with E-state index in [0.717, 1.165) is 6.42 Å². The van der Waals surface area contributed by atoms with E-state index in [2.05, 4.69) is 5.32 Å². The first-order valence-corrected chi connectivity index (χ1v) is 7.49. The number of rotatable bonds is 7. The smallest absolute Gasteiger partial charge is 0.342 e. The van der Waals surface area contributed by atoms with E-state index in [4.69, 9.17) is 0 Å². The van der Waals surface area contributed by atoms with E-state index in [-0.39, 0.29) is 17.7 Å². The molecule has 0 radical (unpaired) electrons. The Balaban J connectivity index is 2.45. The second-order valence-electron chi connectivity index (χ2n) is 5.84. The number of halogens is 3. The van der Waals surface area contributed by atoms with Crippen LogP contribution in [-0.2, 0) is 4.79 Å². The normalized spacial score (nSPS) is 21.1. The molecule has 1 amide bonds. The molecule has 0 aliphatic carbocycles. The SMILES string of the molecule is CCN(CC1CCN(C(=O)C(C)CNC)C1)CC(F)(F)F. The molecular weight excluding hydrogens is 283 g/mol. The maximum atomic E-state index is 12.4. The van der Waals surface area contributed by atoms with Crippen LogP contribution in [0.3, 0.4) is 0 Å². The lowest BCUT2D eigenvalue weighted by molar-refractivity contribution is -0.147. The van der Waals surface area contributed by atoms with Gasteiger partial charge in [0.1, 0.15) is 0 Å². The predicted molar refractivity (Wildman–Crippen MR) is 75.9 cm³/mol. The van der Waals surface area contributed by atoms with Gasteiger partial charge in [-0.1, -0.05) is 13.8 Å². The van der Waals surface area contributed by atoms with E-state index in [0.29, 0.717) is 32.7 Å². The Morgan fingerprint density at radius 2 is 2.14 bits per heavy atom. The molecule has 1 fully saturated rings. The lowest BCUT2D eigenvalue weighted by Crippen LogP contribution is -2.40. The minimum Gasteiger partial charge on any atom is -0.342 e. The zero-order chi connectivity index (χ0) is 16.0. The Bertz CT molecular complexity index is 336. The number of hydrogen-bond acceptors (Lipinski definition) is 3. The van der Waals surface area contributed by atoms with Crippen LogP contribution in [0.2, 0.25) is 0 Å². The largest absolute Gasteiger partial charge is 0.401 e. The quantitative estimate of drug-likeness (QED) is 0.775. The van der Waals surface area contributed by atoms with Gasteiger partial charge in [0.05, 0.1) is 6.54 Å². The maximum absolute atomic E-state index is 12.4. The number of nitrogens with one attached hydrogen (secondary N) is 1. The molecule has 124 valence electrons. The Kier molecular flexibility index (Phi) is 6.93. The summed E-state index contributed by atoms with van der Waals surface area (Å²) < 4.78 is 37.3. The van der Waals surface area contributed by atoms with Crippen LogP contribution < -0.4 is 5.32 Å². The molecule has 0 aromatic rings. The van der Waals surface area contributed by atoms with Crippen LogP contribution in [0, 0.1) is 11.8 Å². The zero-order valence-electron chi connectivity index (χ0n) is 13.0. The fourth-order valence-corrected chi connectivity index (χ4v) is 2.81. The summed E-state index contributed by atoms with van der Waals surface area (Å²) in [6.45, 7) is 5.36. The summed E-state index contributed by atoms with van der Waals surface area (Å²) in [5.74, 6) is 0.134. The Hall–Kier alpha value is -0.820. The minimum absolute atomic E-state index is 0.0886. The van der Waals surface area contributed by atoms with Gasteiger partial charge in [0, 0.05) is 32.1 Å². The van der Waals surface area contributed by atoms with Crippen LogP contribution in [0.25, 0.3) is 0 Å². The van der Waals surface area contributed by atoms with Gasteiger partial charge < -0.3 is 10.2 Å². The third-order valence-corrected chi connectivity index (χ3v) is 3.90. The average Bonchev–Trinajstić information content (AvgIpc) is 2.84. The van der Waals surface area contributed by atoms with Gasteiger partial charge in [0.25, 0.3) is 0 Å². The van der Waals surface area contributed by atoms with Gasteiger partial charge in [0.2, 0.25) is 5.91 Å². The Labute approximate surface area is 124 Å². The highest BCUT2D eigenvalue weighted by atomic mass is 19.4. The molecular formula is C14H26F3N3O.